The molecule has 0 aliphatic rings. The van der Waals surface area contributed by atoms with Crippen LogP contribution >= 0.6 is 0 Å². The Morgan fingerprint density at radius 1 is 1.11 bits per heavy atom. The normalized spacial score (nSPS) is 10.9. The van der Waals surface area contributed by atoms with E-state index in [4.69, 9.17) is 0 Å². The Balaban J connectivity index is 0.00000180. The fourth-order valence-electron chi connectivity index (χ4n) is 2.32. The Morgan fingerprint density at radius 2 is 1.79 bits per heavy atom. The van der Waals surface area contributed by atoms with Gasteiger partial charge in [0.15, 0.2) is 0 Å². The standard InChI is InChI=1S/C16H22N2.Pt/c1-11(2)15-8-6-7-13(5)16(15)14-9-17-18(10-14)12(3)4;/h6-12H,1-5H3;. The Bertz CT molecular complexity index is 541. The van der Waals surface area contributed by atoms with E-state index in [1.807, 2.05) is 10.9 Å². The van der Waals surface area contributed by atoms with Gasteiger partial charge in [-0.15, -0.1) is 0 Å². The molecule has 0 N–H and O–H groups in total. The van der Waals surface area contributed by atoms with Crippen LogP contribution in [0.5, 0.6) is 0 Å². The van der Waals surface area contributed by atoms with E-state index < -0.39 is 0 Å². The topological polar surface area (TPSA) is 17.8 Å². The second kappa shape index (κ2) is 6.52. The van der Waals surface area contributed by atoms with Crippen molar-refractivity contribution in [2.75, 3.05) is 0 Å². The largest absolute Gasteiger partial charge is 0.270 e. The molecule has 1 heterocycles. The van der Waals surface area contributed by atoms with Crippen molar-refractivity contribution in [3.63, 3.8) is 0 Å². The van der Waals surface area contributed by atoms with E-state index in [1.165, 1.54) is 22.3 Å². The molecule has 0 spiro atoms. The van der Waals surface area contributed by atoms with Gasteiger partial charge in [-0.25, -0.2) is 0 Å². The maximum atomic E-state index is 4.45. The molecule has 0 saturated heterocycles. The van der Waals surface area contributed by atoms with Crippen LogP contribution < -0.4 is 0 Å². The van der Waals surface area contributed by atoms with Gasteiger partial charge in [-0.3, -0.25) is 4.68 Å². The molecular formula is C16H22N2Pt. The molecule has 0 radical (unpaired) electrons. The molecule has 2 rings (SSSR count). The first-order valence-corrected chi connectivity index (χ1v) is 6.64. The third kappa shape index (κ3) is 3.36. The average molecular weight is 437 g/mol. The van der Waals surface area contributed by atoms with E-state index >= 15 is 0 Å². The van der Waals surface area contributed by atoms with Crippen LogP contribution in [0.25, 0.3) is 11.1 Å². The summed E-state index contributed by atoms with van der Waals surface area (Å²) in [6.07, 6.45) is 4.13. The maximum absolute atomic E-state index is 4.45. The molecule has 2 aromatic rings. The van der Waals surface area contributed by atoms with Crippen molar-refractivity contribution >= 4 is 0 Å². The van der Waals surface area contributed by atoms with Crippen LogP contribution in [0, 0.1) is 6.92 Å². The molecule has 0 aliphatic heterocycles. The van der Waals surface area contributed by atoms with Gasteiger partial charge in [-0.2, -0.15) is 5.10 Å². The van der Waals surface area contributed by atoms with Crippen molar-refractivity contribution in [3.8, 4) is 11.1 Å². The van der Waals surface area contributed by atoms with Crippen LogP contribution in [0.4, 0.5) is 0 Å². The van der Waals surface area contributed by atoms with E-state index in [9.17, 15) is 0 Å². The summed E-state index contributed by atoms with van der Waals surface area (Å²) >= 11 is 0. The fourth-order valence-corrected chi connectivity index (χ4v) is 2.32. The molecule has 2 nitrogen and oxygen atoms in total. The van der Waals surface area contributed by atoms with Gasteiger partial charge in [-0.1, -0.05) is 32.0 Å². The van der Waals surface area contributed by atoms with Crippen molar-refractivity contribution in [2.45, 2.75) is 46.6 Å². The van der Waals surface area contributed by atoms with Gasteiger partial charge in [0.2, 0.25) is 0 Å². The van der Waals surface area contributed by atoms with Crippen molar-refractivity contribution in [1.82, 2.24) is 9.78 Å². The number of rotatable bonds is 3. The Labute approximate surface area is 130 Å². The van der Waals surface area contributed by atoms with E-state index in [0.717, 1.165) is 0 Å². The number of hydrogen-bond donors (Lipinski definition) is 0. The predicted molar refractivity (Wildman–Crippen MR) is 76.9 cm³/mol. The Morgan fingerprint density at radius 3 is 2.32 bits per heavy atom. The van der Waals surface area contributed by atoms with Crippen LogP contribution in [0.3, 0.4) is 0 Å². The first-order chi connectivity index (χ1) is 8.50. The molecule has 0 unspecified atom stereocenters. The van der Waals surface area contributed by atoms with Gasteiger partial charge in [0.1, 0.15) is 0 Å². The third-order valence-electron chi connectivity index (χ3n) is 3.35. The summed E-state index contributed by atoms with van der Waals surface area (Å²) in [6.45, 7) is 11.0. The average Bonchev–Trinajstić information content (AvgIpc) is 2.77. The zero-order valence-electron chi connectivity index (χ0n) is 12.3. The first-order valence-electron chi connectivity index (χ1n) is 6.64. The van der Waals surface area contributed by atoms with Crippen LogP contribution in [-0.4, -0.2) is 9.78 Å². The second-order valence-electron chi connectivity index (χ2n) is 5.50. The van der Waals surface area contributed by atoms with Gasteiger partial charge >= 0.3 is 0 Å². The molecule has 3 heteroatoms. The summed E-state index contributed by atoms with van der Waals surface area (Å²) in [6, 6.07) is 6.94. The van der Waals surface area contributed by atoms with Gasteiger partial charge in [0.25, 0.3) is 0 Å². The molecule has 1 aromatic heterocycles. The summed E-state index contributed by atoms with van der Waals surface area (Å²) in [7, 11) is 0. The van der Waals surface area contributed by atoms with E-state index in [0.29, 0.717) is 12.0 Å². The number of benzene rings is 1. The van der Waals surface area contributed by atoms with E-state index in [2.05, 4.69) is 64.1 Å². The maximum Gasteiger partial charge on any atom is 0.0568 e. The van der Waals surface area contributed by atoms with Crippen LogP contribution in [0.1, 0.15) is 50.8 Å². The minimum Gasteiger partial charge on any atom is -0.270 e. The van der Waals surface area contributed by atoms with Crippen molar-refractivity contribution < 1.29 is 21.1 Å². The summed E-state index contributed by atoms with van der Waals surface area (Å²) in [5, 5.41) is 4.45. The molecule has 0 atom stereocenters. The van der Waals surface area contributed by atoms with Gasteiger partial charge < -0.3 is 0 Å². The Kier molecular flexibility index (Phi) is 5.55. The monoisotopic (exact) mass is 437 g/mol. The second-order valence-corrected chi connectivity index (χ2v) is 5.50. The molecular weight excluding hydrogens is 415 g/mol. The predicted octanol–water partition coefficient (Wildman–Crippen LogP) is 4.56. The zero-order chi connectivity index (χ0) is 13.3. The van der Waals surface area contributed by atoms with Crippen LogP contribution in [0.2, 0.25) is 0 Å². The van der Waals surface area contributed by atoms with Crippen LogP contribution in [0.15, 0.2) is 30.6 Å². The number of aryl methyl sites for hydroxylation is 1. The number of nitrogens with zero attached hydrogens (tertiary/aromatic N) is 2. The van der Waals surface area contributed by atoms with Gasteiger partial charge in [0, 0.05) is 38.9 Å². The van der Waals surface area contributed by atoms with Crippen LogP contribution in [-0.2, 0) is 21.1 Å². The molecule has 0 bridgehead atoms. The molecule has 106 valence electrons. The zero-order valence-corrected chi connectivity index (χ0v) is 14.5. The smallest absolute Gasteiger partial charge is 0.0568 e. The minimum absolute atomic E-state index is 0. The molecule has 0 amide bonds. The molecule has 0 aliphatic carbocycles. The third-order valence-corrected chi connectivity index (χ3v) is 3.35. The quantitative estimate of drug-likeness (QED) is 0.689. The molecule has 19 heavy (non-hydrogen) atoms. The van der Waals surface area contributed by atoms with Gasteiger partial charge in [-0.05, 0) is 43.4 Å². The van der Waals surface area contributed by atoms with E-state index in [1.54, 1.807) is 0 Å². The summed E-state index contributed by atoms with van der Waals surface area (Å²) in [5.41, 5.74) is 5.30. The van der Waals surface area contributed by atoms with E-state index in [-0.39, 0.29) is 21.1 Å². The molecule has 0 fully saturated rings. The van der Waals surface area contributed by atoms with Crippen molar-refractivity contribution in [1.29, 1.82) is 0 Å². The first kappa shape index (κ1) is 16.2. The molecule has 0 saturated carbocycles. The summed E-state index contributed by atoms with van der Waals surface area (Å²) in [5.74, 6) is 0.530. The SMILES string of the molecule is Cc1cccc(C(C)C)c1-c1cnn(C(C)C)c1.[Pt]. The summed E-state index contributed by atoms with van der Waals surface area (Å²) in [4.78, 5) is 0. The fraction of sp³-hybridized carbons (Fsp3) is 0.438. The summed E-state index contributed by atoms with van der Waals surface area (Å²) < 4.78 is 2.02. The Hall–Kier alpha value is -0.882. The number of aromatic nitrogens is 2. The minimum atomic E-state index is 0. The molecule has 1 aromatic carbocycles. The van der Waals surface area contributed by atoms with Crippen molar-refractivity contribution in [3.05, 3.63) is 41.7 Å². The number of hydrogen-bond acceptors (Lipinski definition) is 1. The van der Waals surface area contributed by atoms with Crippen molar-refractivity contribution in [2.24, 2.45) is 0 Å². The van der Waals surface area contributed by atoms with Gasteiger partial charge in [0.05, 0.1) is 6.20 Å².